The molecule has 2 unspecified atom stereocenters. The predicted octanol–water partition coefficient (Wildman–Crippen LogP) is 0.0861. The molecule has 4 heterocycles. The first-order valence-electron chi connectivity index (χ1n) is 13.4. The molecule has 0 bridgehead atoms. The van der Waals surface area contributed by atoms with Gasteiger partial charge in [-0.05, 0) is 33.7 Å². The molecule has 0 radical (unpaired) electrons. The molecule has 0 aliphatic carbocycles. The van der Waals surface area contributed by atoms with E-state index in [1.807, 2.05) is 0 Å². The van der Waals surface area contributed by atoms with Crippen LogP contribution in [0.25, 0.3) is 5.69 Å². The lowest BCUT2D eigenvalue weighted by atomic mass is 10.0. The number of β-lactam (4-membered cyclic amide) rings is 1. The molecule has 6 rings (SSSR count). The summed E-state index contributed by atoms with van der Waals surface area (Å²) in [5.74, 6) is -2.94. The molecule has 45 heavy (non-hydrogen) atoms. The Kier molecular flexibility index (Phi) is 8.22. The van der Waals surface area contributed by atoms with E-state index in [1.165, 1.54) is 28.2 Å². The van der Waals surface area contributed by atoms with Gasteiger partial charge in [0.1, 0.15) is 23.2 Å². The normalized spacial score (nSPS) is 18.2. The molecule has 4 N–H and O–H groups in total. The number of nitrogens with one attached hydrogen (secondary N) is 3. The zero-order valence-electron chi connectivity index (χ0n) is 23.4. The first-order chi connectivity index (χ1) is 21.7. The highest BCUT2D eigenvalue weighted by molar-refractivity contribution is 8.01. The first-order valence-corrected chi connectivity index (χ1v) is 15.4. The van der Waals surface area contributed by atoms with Crippen molar-refractivity contribution in [1.82, 2.24) is 50.7 Å². The number of carboxylic acids is 1. The highest BCUT2D eigenvalue weighted by Crippen LogP contribution is 2.41. The van der Waals surface area contributed by atoms with Gasteiger partial charge in [0.25, 0.3) is 11.8 Å². The number of carbonyl (C=O) groups is 4. The van der Waals surface area contributed by atoms with Crippen LogP contribution >= 0.6 is 23.5 Å². The maximum atomic E-state index is 13.6. The molecule has 2 aliphatic rings. The Morgan fingerprint density at radius 1 is 1.11 bits per heavy atom. The third kappa shape index (κ3) is 5.72. The van der Waals surface area contributed by atoms with Crippen LogP contribution in [0.15, 0.2) is 81.9 Å². The van der Waals surface area contributed by atoms with Gasteiger partial charge >= 0.3 is 11.5 Å². The predicted molar refractivity (Wildman–Crippen MR) is 160 cm³/mol. The van der Waals surface area contributed by atoms with Crippen molar-refractivity contribution in [1.29, 1.82) is 0 Å². The van der Waals surface area contributed by atoms with Gasteiger partial charge in [0.05, 0.1) is 5.69 Å². The summed E-state index contributed by atoms with van der Waals surface area (Å²) in [6, 6.07) is 14.5. The average Bonchev–Trinajstić information content (AvgIpc) is 3.65. The molecule has 1 fully saturated rings. The molecular formula is C27H24N10O6S2. The van der Waals surface area contributed by atoms with Gasteiger partial charge in [-0.25, -0.2) is 19.4 Å². The molecule has 0 spiro atoms. The quantitative estimate of drug-likeness (QED) is 0.133. The van der Waals surface area contributed by atoms with Gasteiger partial charge in [0, 0.05) is 18.6 Å². The van der Waals surface area contributed by atoms with Crippen LogP contribution in [0.4, 0.5) is 0 Å². The lowest BCUT2D eigenvalue weighted by Crippen LogP contribution is -2.71. The third-order valence-corrected chi connectivity index (χ3v) is 9.51. The summed E-state index contributed by atoms with van der Waals surface area (Å²) in [6.07, 6.45) is 0. The monoisotopic (exact) mass is 648 g/mol. The van der Waals surface area contributed by atoms with Crippen LogP contribution in [0.5, 0.6) is 0 Å². The second-order valence-corrected chi connectivity index (χ2v) is 11.9. The Labute approximate surface area is 262 Å². The molecule has 16 nitrogen and oxygen atoms in total. The summed E-state index contributed by atoms with van der Waals surface area (Å²) in [4.78, 5) is 66.5. The molecule has 3 amide bonds. The molecule has 1 saturated heterocycles. The van der Waals surface area contributed by atoms with E-state index in [0.717, 1.165) is 9.58 Å². The zero-order chi connectivity index (χ0) is 31.7. The number of H-pyrrole nitrogens is 1. The second-order valence-electron chi connectivity index (χ2n) is 9.88. The minimum absolute atomic E-state index is 0.141. The van der Waals surface area contributed by atoms with E-state index in [-0.39, 0.29) is 11.4 Å². The number of hydrogen-bond donors (Lipinski definition) is 4. The summed E-state index contributed by atoms with van der Waals surface area (Å²) in [7, 11) is 1.66. The van der Waals surface area contributed by atoms with Crippen molar-refractivity contribution in [3.8, 4) is 5.69 Å². The number of nitrogens with zero attached hydrogens (tertiary/aromatic N) is 7. The van der Waals surface area contributed by atoms with Crippen molar-refractivity contribution in [3.63, 3.8) is 0 Å². The number of aliphatic carboxylic acids is 1. The summed E-state index contributed by atoms with van der Waals surface area (Å²) >= 11 is 2.55. The molecule has 0 saturated carbocycles. The smallest absolute Gasteiger partial charge is 0.352 e. The van der Waals surface area contributed by atoms with E-state index in [4.69, 9.17) is 0 Å². The fraction of sp³-hybridized carbons (Fsp3) is 0.222. The summed E-state index contributed by atoms with van der Waals surface area (Å²) in [5, 5.41) is 32.6. The highest BCUT2D eigenvalue weighted by Gasteiger charge is 2.54. The lowest BCUT2D eigenvalue weighted by molar-refractivity contribution is -0.151. The lowest BCUT2D eigenvalue weighted by Gasteiger charge is -2.49. The van der Waals surface area contributed by atoms with Gasteiger partial charge in [-0.15, -0.1) is 22.0 Å². The number of rotatable bonds is 10. The Balaban J connectivity index is 1.19. The van der Waals surface area contributed by atoms with Gasteiger partial charge < -0.3 is 15.7 Å². The molecule has 3 atom stereocenters. The van der Waals surface area contributed by atoms with Crippen LogP contribution in [0.3, 0.4) is 0 Å². The minimum atomic E-state index is -1.29. The highest BCUT2D eigenvalue weighted by atomic mass is 32.2. The maximum Gasteiger partial charge on any atom is 0.352 e. The van der Waals surface area contributed by atoms with Crippen molar-refractivity contribution >= 4 is 47.2 Å². The summed E-state index contributed by atoms with van der Waals surface area (Å²) < 4.78 is 2.55. The molecule has 18 heteroatoms. The Hall–Kier alpha value is -5.23. The fourth-order valence-electron chi connectivity index (χ4n) is 4.87. The van der Waals surface area contributed by atoms with Gasteiger partial charge in [0.2, 0.25) is 16.8 Å². The van der Waals surface area contributed by atoms with Crippen LogP contribution in [0.2, 0.25) is 0 Å². The van der Waals surface area contributed by atoms with E-state index in [1.54, 1.807) is 67.7 Å². The van der Waals surface area contributed by atoms with Gasteiger partial charge in [-0.2, -0.15) is 0 Å². The largest absolute Gasteiger partial charge is 0.477 e. The van der Waals surface area contributed by atoms with E-state index in [9.17, 15) is 29.1 Å². The summed E-state index contributed by atoms with van der Waals surface area (Å²) in [5.41, 5.74) is 0.0618. The molecule has 4 aromatic rings. The number of fused-ring (bicyclic) bond motifs is 1. The number of thioether (sulfide) groups is 2. The fourth-order valence-corrected chi connectivity index (χ4v) is 7.21. The number of aromatic amines is 1. The number of carbonyl (C=O) groups excluding carboxylic acids is 3. The number of tetrazole rings is 1. The van der Waals surface area contributed by atoms with Crippen LogP contribution in [-0.2, 0) is 21.4 Å². The van der Waals surface area contributed by atoms with E-state index in [0.29, 0.717) is 27.7 Å². The average molecular weight is 649 g/mol. The van der Waals surface area contributed by atoms with E-state index in [2.05, 4.69) is 36.5 Å². The maximum absolute atomic E-state index is 13.6. The number of carboxylic acid groups (broad SMARTS) is 1. The molecule has 2 aliphatic heterocycles. The number of benzene rings is 2. The molecular weight excluding hydrogens is 624 g/mol. The number of aromatic nitrogens is 7. The second kappa shape index (κ2) is 12.4. The molecule has 230 valence electrons. The van der Waals surface area contributed by atoms with Gasteiger partial charge in [0.15, 0.2) is 0 Å². The standard InChI is InChI=1S/C27H24N10O6S2/c1-35-27(31-32-34-35)45-13-15-12-44-25-19(23(40)36(25)20(15)26(42)43)29-21(38)17(14-8-4-2-5-9-14)28-22(39)18-24(41)37(33-30-18)16-10-6-3-7-11-16/h2-11,17,19,25,33H,12-13H2,1H3,(H,28,39)(H,29,38)(H,42,43)/t17?,19?,25-/m0/s1. The Morgan fingerprint density at radius 2 is 1.82 bits per heavy atom. The van der Waals surface area contributed by atoms with Crippen LogP contribution in [0, 0.1) is 0 Å². The Bertz CT molecular complexity index is 1870. The third-order valence-electron chi connectivity index (χ3n) is 7.07. The van der Waals surface area contributed by atoms with Gasteiger partial charge in [-0.3, -0.25) is 24.1 Å². The van der Waals surface area contributed by atoms with Crippen LogP contribution in [0.1, 0.15) is 22.1 Å². The number of hydrogen-bond acceptors (Lipinski definition) is 11. The number of aryl methyl sites for hydroxylation is 1. The van der Waals surface area contributed by atoms with Crippen molar-refractivity contribution < 1.29 is 24.3 Å². The number of amides is 3. The van der Waals surface area contributed by atoms with Crippen molar-refractivity contribution in [2.75, 3.05) is 11.5 Å². The van der Waals surface area contributed by atoms with E-state index >= 15 is 0 Å². The van der Waals surface area contributed by atoms with Crippen molar-refractivity contribution in [2.24, 2.45) is 7.05 Å². The van der Waals surface area contributed by atoms with Crippen molar-refractivity contribution in [2.45, 2.75) is 22.6 Å². The summed E-state index contributed by atoms with van der Waals surface area (Å²) in [6.45, 7) is 0. The van der Waals surface area contributed by atoms with Crippen LogP contribution < -0.4 is 16.2 Å². The topological polar surface area (TPSA) is 210 Å². The SMILES string of the molecule is Cn1nnnc1SCC1=C(C(=O)O)N2C(=O)C(NC(=O)C(NC(=O)c3n[nH]n(-c4ccccc4)c3=O)c3ccccc3)[C@@H]2SC1. The van der Waals surface area contributed by atoms with Crippen molar-refractivity contribution in [3.05, 3.63) is 93.5 Å². The van der Waals surface area contributed by atoms with Gasteiger partial charge in [-0.1, -0.05) is 60.3 Å². The van der Waals surface area contributed by atoms with E-state index < -0.39 is 52.4 Å². The molecule has 2 aromatic heterocycles. The Morgan fingerprint density at radius 3 is 2.49 bits per heavy atom. The first kappa shape index (κ1) is 29.8. The van der Waals surface area contributed by atoms with Crippen LogP contribution in [-0.4, -0.2) is 91.8 Å². The zero-order valence-corrected chi connectivity index (χ0v) is 25.0. The number of para-hydroxylation sites is 1. The molecule has 2 aromatic carbocycles. The minimum Gasteiger partial charge on any atom is -0.477 e.